The number of aromatic nitrogens is 4. The van der Waals surface area contributed by atoms with Crippen LogP contribution in [0.4, 0.5) is 16.0 Å². The van der Waals surface area contributed by atoms with Gasteiger partial charge >= 0.3 is 0 Å². The van der Waals surface area contributed by atoms with Crippen molar-refractivity contribution >= 4 is 36.4 Å². The summed E-state index contributed by atoms with van der Waals surface area (Å²) in [6.45, 7) is 0. The van der Waals surface area contributed by atoms with Crippen LogP contribution in [-0.4, -0.2) is 26.8 Å². The number of rotatable bonds is 3. The number of hydrogen-bond donors (Lipinski definition) is 0. The predicted molar refractivity (Wildman–Crippen MR) is 93.2 cm³/mol. The molecule has 0 N–H and O–H groups in total. The van der Waals surface area contributed by atoms with E-state index in [1.54, 1.807) is 18.3 Å². The summed E-state index contributed by atoms with van der Waals surface area (Å²) in [4.78, 5) is 6.12. The molecule has 0 radical (unpaired) electrons. The molecule has 122 valence electrons. The zero-order valence-electron chi connectivity index (χ0n) is 12.5. The van der Waals surface area contributed by atoms with Gasteiger partial charge in [-0.2, -0.15) is 0 Å². The zero-order valence-corrected chi connectivity index (χ0v) is 14.2. The van der Waals surface area contributed by atoms with Crippen LogP contribution in [0.15, 0.2) is 48.7 Å². The highest BCUT2D eigenvalue weighted by Crippen LogP contribution is 2.24. The molecule has 0 unspecified atom stereocenters. The fourth-order valence-electron chi connectivity index (χ4n) is 2.11. The average molecular weight is 356 g/mol. The smallest absolute Gasteiger partial charge is 0.231 e. The van der Waals surface area contributed by atoms with Crippen LogP contribution in [0.2, 0.25) is 0 Å². The molecule has 2 aromatic heterocycles. The monoisotopic (exact) mass is 355 g/mol. The molecule has 0 spiro atoms. The van der Waals surface area contributed by atoms with Gasteiger partial charge in [-0.1, -0.05) is 6.07 Å². The molecular formula is C15H16Cl2FN5. The Morgan fingerprint density at radius 3 is 2.30 bits per heavy atom. The van der Waals surface area contributed by atoms with Gasteiger partial charge in [-0.15, -0.1) is 35.0 Å². The molecule has 0 amide bonds. The van der Waals surface area contributed by atoms with E-state index in [9.17, 15) is 4.39 Å². The molecule has 0 saturated carbocycles. The molecule has 3 rings (SSSR count). The van der Waals surface area contributed by atoms with Gasteiger partial charge in [0.15, 0.2) is 5.82 Å². The van der Waals surface area contributed by atoms with Gasteiger partial charge in [-0.3, -0.25) is 9.55 Å². The minimum absolute atomic E-state index is 0. The summed E-state index contributed by atoms with van der Waals surface area (Å²) in [5.41, 5.74) is 1.59. The molecule has 3 aromatic rings. The largest absolute Gasteiger partial charge is 0.314 e. The van der Waals surface area contributed by atoms with E-state index in [0.717, 1.165) is 11.4 Å². The average Bonchev–Trinajstić information content (AvgIpc) is 2.90. The first kappa shape index (κ1) is 18.9. The zero-order chi connectivity index (χ0) is 14.8. The van der Waals surface area contributed by atoms with E-state index in [2.05, 4.69) is 15.2 Å². The van der Waals surface area contributed by atoms with Crippen LogP contribution in [0, 0.1) is 5.82 Å². The molecule has 8 heteroatoms. The van der Waals surface area contributed by atoms with Gasteiger partial charge in [0.1, 0.15) is 11.5 Å². The minimum atomic E-state index is -0.265. The Morgan fingerprint density at radius 2 is 1.70 bits per heavy atom. The summed E-state index contributed by atoms with van der Waals surface area (Å²) < 4.78 is 14.9. The van der Waals surface area contributed by atoms with Gasteiger partial charge in [0, 0.05) is 26.0 Å². The number of halogens is 3. The van der Waals surface area contributed by atoms with E-state index in [1.807, 2.05) is 41.8 Å². The van der Waals surface area contributed by atoms with Gasteiger partial charge in [-0.05, 0) is 36.4 Å². The van der Waals surface area contributed by atoms with Crippen molar-refractivity contribution in [1.82, 2.24) is 19.7 Å². The molecule has 0 aliphatic rings. The van der Waals surface area contributed by atoms with Crippen molar-refractivity contribution in [3.05, 3.63) is 54.5 Å². The third-order valence-electron chi connectivity index (χ3n) is 3.26. The van der Waals surface area contributed by atoms with Crippen molar-refractivity contribution < 1.29 is 4.39 Å². The third kappa shape index (κ3) is 3.78. The normalized spacial score (nSPS) is 9.70. The third-order valence-corrected chi connectivity index (χ3v) is 3.26. The van der Waals surface area contributed by atoms with Crippen molar-refractivity contribution in [2.75, 3.05) is 11.9 Å². The summed E-state index contributed by atoms with van der Waals surface area (Å²) in [5.74, 6) is 1.07. The predicted octanol–water partition coefficient (Wildman–Crippen LogP) is 3.63. The number of anilines is 2. The van der Waals surface area contributed by atoms with Crippen molar-refractivity contribution in [3.8, 4) is 11.5 Å². The Bertz CT molecular complexity index is 746. The molecule has 2 heterocycles. The standard InChI is InChI=1S/C15H14FN5.2ClH/c1-20(12-8-6-11(16)7-9-12)15-19-18-14(21(15)2)13-5-3-4-10-17-13;;/h3-10H,1-2H3;2*1H. The molecule has 0 atom stereocenters. The number of pyridine rings is 1. The summed E-state index contributed by atoms with van der Waals surface area (Å²) in [6, 6.07) is 11.9. The molecule has 0 fully saturated rings. The van der Waals surface area contributed by atoms with Gasteiger partial charge in [-0.25, -0.2) is 4.39 Å². The van der Waals surface area contributed by atoms with Crippen LogP contribution < -0.4 is 4.90 Å². The molecule has 1 aromatic carbocycles. The summed E-state index contributed by atoms with van der Waals surface area (Å²) in [5, 5.41) is 8.38. The molecule has 23 heavy (non-hydrogen) atoms. The molecular weight excluding hydrogens is 340 g/mol. The second kappa shape index (κ2) is 7.89. The maximum atomic E-state index is 13.0. The van der Waals surface area contributed by atoms with E-state index in [0.29, 0.717) is 11.8 Å². The second-order valence-corrected chi connectivity index (χ2v) is 4.63. The van der Waals surface area contributed by atoms with Crippen molar-refractivity contribution in [2.45, 2.75) is 0 Å². The quantitative estimate of drug-likeness (QED) is 0.719. The highest BCUT2D eigenvalue weighted by molar-refractivity contribution is 5.85. The Morgan fingerprint density at radius 1 is 1.00 bits per heavy atom. The van der Waals surface area contributed by atoms with Gasteiger partial charge in [0.05, 0.1) is 0 Å². The molecule has 0 saturated heterocycles. The van der Waals surface area contributed by atoms with Crippen molar-refractivity contribution in [1.29, 1.82) is 0 Å². The van der Waals surface area contributed by atoms with Crippen LogP contribution >= 0.6 is 24.8 Å². The number of benzene rings is 1. The first-order valence-corrected chi connectivity index (χ1v) is 6.47. The fourth-order valence-corrected chi connectivity index (χ4v) is 2.11. The van der Waals surface area contributed by atoms with Crippen molar-refractivity contribution in [3.63, 3.8) is 0 Å². The fraction of sp³-hybridized carbons (Fsp3) is 0.133. The Hall–Kier alpha value is -2.18. The number of hydrogen-bond acceptors (Lipinski definition) is 4. The van der Waals surface area contributed by atoms with Crippen LogP contribution in [0.3, 0.4) is 0 Å². The van der Waals surface area contributed by atoms with E-state index in [-0.39, 0.29) is 30.6 Å². The lowest BCUT2D eigenvalue weighted by molar-refractivity contribution is 0.628. The van der Waals surface area contributed by atoms with Crippen LogP contribution in [-0.2, 0) is 7.05 Å². The second-order valence-electron chi connectivity index (χ2n) is 4.63. The van der Waals surface area contributed by atoms with E-state index in [4.69, 9.17) is 0 Å². The molecule has 5 nitrogen and oxygen atoms in total. The molecule has 0 aliphatic carbocycles. The maximum Gasteiger partial charge on any atom is 0.231 e. The van der Waals surface area contributed by atoms with E-state index < -0.39 is 0 Å². The Kier molecular flexibility index (Phi) is 6.48. The Labute approximate surface area is 146 Å². The topological polar surface area (TPSA) is 46.8 Å². The van der Waals surface area contributed by atoms with Crippen LogP contribution in [0.25, 0.3) is 11.5 Å². The summed E-state index contributed by atoms with van der Waals surface area (Å²) >= 11 is 0. The van der Waals surface area contributed by atoms with Crippen LogP contribution in [0.1, 0.15) is 0 Å². The Balaban J connectivity index is 0.00000132. The SMILES string of the molecule is CN(c1ccc(F)cc1)c1nnc(-c2ccccn2)n1C.Cl.Cl. The summed E-state index contributed by atoms with van der Waals surface area (Å²) in [7, 11) is 3.73. The van der Waals surface area contributed by atoms with E-state index in [1.165, 1.54) is 12.1 Å². The van der Waals surface area contributed by atoms with Gasteiger partial charge < -0.3 is 4.90 Å². The van der Waals surface area contributed by atoms with E-state index >= 15 is 0 Å². The first-order chi connectivity index (χ1) is 10.2. The molecule has 0 aliphatic heterocycles. The van der Waals surface area contributed by atoms with Crippen LogP contribution in [0.5, 0.6) is 0 Å². The highest BCUT2D eigenvalue weighted by Gasteiger charge is 2.15. The first-order valence-electron chi connectivity index (χ1n) is 6.47. The lowest BCUT2D eigenvalue weighted by Gasteiger charge is -2.17. The lowest BCUT2D eigenvalue weighted by Crippen LogP contribution is -2.14. The summed E-state index contributed by atoms with van der Waals surface area (Å²) in [6.07, 6.45) is 1.72. The minimum Gasteiger partial charge on any atom is -0.314 e. The van der Waals surface area contributed by atoms with Gasteiger partial charge in [0.2, 0.25) is 5.95 Å². The van der Waals surface area contributed by atoms with Gasteiger partial charge in [0.25, 0.3) is 0 Å². The molecule has 0 bridgehead atoms. The highest BCUT2D eigenvalue weighted by atomic mass is 35.5. The number of nitrogens with zero attached hydrogens (tertiary/aromatic N) is 5. The maximum absolute atomic E-state index is 13.0. The van der Waals surface area contributed by atoms with Crippen molar-refractivity contribution in [2.24, 2.45) is 7.05 Å². The lowest BCUT2D eigenvalue weighted by atomic mass is 10.3.